The summed E-state index contributed by atoms with van der Waals surface area (Å²) in [5, 5.41) is 0.730. The second-order valence-corrected chi connectivity index (χ2v) is 10.1. The van der Waals surface area contributed by atoms with Crippen LogP contribution in [0.4, 0.5) is 5.69 Å². The van der Waals surface area contributed by atoms with Gasteiger partial charge in [-0.1, -0.05) is 72.8 Å². The molecule has 4 aromatic rings. The smallest absolute Gasteiger partial charge is 0.573 e. The first kappa shape index (κ1) is 26.3. The molecule has 1 aliphatic rings. The summed E-state index contributed by atoms with van der Waals surface area (Å²) in [5.74, 6) is -0.0583. The summed E-state index contributed by atoms with van der Waals surface area (Å²) in [5.41, 5.74) is 2.43. The first-order valence-corrected chi connectivity index (χ1v) is 12.9. The first-order valence-electron chi connectivity index (χ1n) is 11.5. The number of pyridine rings is 1. The zero-order valence-electron chi connectivity index (χ0n) is 20.1. The topological polar surface area (TPSA) is 84.7 Å². The SMILES string of the molecule is O=C(c1ccc([N-]S(=O)(=O)c2cccc3cccnc23)cc1)N1CCN(Cc2ccccc2)CC1.[Na+]. The fraction of sp³-hybridized carbons (Fsp3) is 0.185. The second kappa shape index (κ2) is 11.5. The van der Waals surface area contributed by atoms with Gasteiger partial charge in [0.05, 0.1) is 10.4 Å². The average Bonchev–Trinajstić information content (AvgIpc) is 2.89. The van der Waals surface area contributed by atoms with Gasteiger partial charge in [-0.25, -0.2) is 8.42 Å². The number of sulfonamides is 1. The van der Waals surface area contributed by atoms with E-state index in [0.717, 1.165) is 25.0 Å². The third-order valence-corrected chi connectivity index (χ3v) is 7.46. The Kier molecular flexibility index (Phi) is 8.43. The maximum atomic E-state index is 13.0. The predicted molar refractivity (Wildman–Crippen MR) is 136 cm³/mol. The minimum Gasteiger partial charge on any atom is -0.573 e. The van der Waals surface area contributed by atoms with Crippen molar-refractivity contribution < 1.29 is 42.8 Å². The van der Waals surface area contributed by atoms with Crippen molar-refractivity contribution in [3.63, 3.8) is 0 Å². The summed E-state index contributed by atoms with van der Waals surface area (Å²) < 4.78 is 29.9. The largest absolute Gasteiger partial charge is 1.00 e. The van der Waals surface area contributed by atoms with Gasteiger partial charge >= 0.3 is 29.6 Å². The van der Waals surface area contributed by atoms with Crippen molar-refractivity contribution in [1.29, 1.82) is 0 Å². The summed E-state index contributed by atoms with van der Waals surface area (Å²) in [6.45, 7) is 3.80. The summed E-state index contributed by atoms with van der Waals surface area (Å²) in [4.78, 5) is 21.4. The Morgan fingerprint density at radius 3 is 2.25 bits per heavy atom. The molecule has 0 saturated carbocycles. The van der Waals surface area contributed by atoms with E-state index in [1.54, 1.807) is 42.6 Å². The van der Waals surface area contributed by atoms with E-state index in [1.165, 1.54) is 11.6 Å². The molecule has 0 bridgehead atoms. The van der Waals surface area contributed by atoms with E-state index in [4.69, 9.17) is 0 Å². The third-order valence-electron chi connectivity index (χ3n) is 6.12. The number of hydrogen-bond donors (Lipinski definition) is 0. The molecule has 1 aliphatic heterocycles. The Balaban J connectivity index is 0.00000304. The van der Waals surface area contributed by atoms with Gasteiger partial charge in [0.2, 0.25) is 0 Å². The number of nitrogens with zero attached hydrogens (tertiary/aromatic N) is 4. The van der Waals surface area contributed by atoms with Crippen LogP contribution in [-0.2, 0) is 16.6 Å². The summed E-state index contributed by atoms with van der Waals surface area (Å²) in [7, 11) is -3.96. The van der Waals surface area contributed by atoms with Gasteiger partial charge in [0.1, 0.15) is 10.0 Å². The molecular formula is C27H25N4NaO3S. The molecule has 3 aromatic carbocycles. The van der Waals surface area contributed by atoms with Gasteiger partial charge in [0.25, 0.3) is 5.91 Å². The van der Waals surface area contributed by atoms with E-state index in [-0.39, 0.29) is 46.0 Å². The standard InChI is InChI=1S/C27H26N4O3S.Na/c32-27(31-18-16-30(17-19-31)20-21-6-2-1-3-7-21)23-11-13-24(14-12-23)29-35(33,34)25-10-4-8-22-9-5-15-28-26(22)25;/h1-15H,16-20H2,(H,29,32);/q;+1/p-1. The summed E-state index contributed by atoms with van der Waals surface area (Å²) in [6.07, 6.45) is 1.56. The van der Waals surface area contributed by atoms with Gasteiger partial charge in [-0.15, -0.1) is 5.69 Å². The molecule has 5 rings (SSSR count). The number of carbonyl (C=O) groups excluding carboxylic acids is 1. The monoisotopic (exact) mass is 508 g/mol. The Labute approximate surface area is 233 Å². The van der Waals surface area contributed by atoms with Gasteiger partial charge in [-0.3, -0.25) is 14.7 Å². The number of rotatable bonds is 6. The Hall–Kier alpha value is -2.75. The van der Waals surface area contributed by atoms with E-state index < -0.39 is 10.0 Å². The predicted octanol–water partition coefficient (Wildman–Crippen LogP) is 1.59. The molecule has 0 atom stereocenters. The van der Waals surface area contributed by atoms with Crippen LogP contribution in [0.3, 0.4) is 0 Å². The molecule has 7 nitrogen and oxygen atoms in total. The number of amides is 1. The van der Waals surface area contributed by atoms with Crippen LogP contribution in [0.2, 0.25) is 0 Å². The molecule has 0 unspecified atom stereocenters. The van der Waals surface area contributed by atoms with E-state index >= 15 is 0 Å². The number of piperazine rings is 1. The van der Waals surface area contributed by atoms with E-state index in [0.29, 0.717) is 24.2 Å². The molecule has 178 valence electrons. The normalized spacial score (nSPS) is 14.3. The summed E-state index contributed by atoms with van der Waals surface area (Å²) >= 11 is 0. The number of hydrogen-bond acceptors (Lipinski definition) is 5. The fourth-order valence-corrected chi connectivity index (χ4v) is 5.43. The second-order valence-electron chi connectivity index (χ2n) is 8.50. The average molecular weight is 509 g/mol. The van der Waals surface area contributed by atoms with Gasteiger partial charge in [-0.05, 0) is 17.7 Å². The van der Waals surface area contributed by atoms with Crippen molar-refractivity contribution in [3.05, 3.63) is 107 Å². The number of aromatic nitrogens is 1. The van der Waals surface area contributed by atoms with E-state index in [2.05, 4.69) is 26.7 Å². The molecule has 0 aliphatic carbocycles. The third kappa shape index (κ3) is 5.96. The van der Waals surface area contributed by atoms with Crippen molar-refractivity contribution in [1.82, 2.24) is 14.8 Å². The molecule has 1 aromatic heterocycles. The number of fused-ring (bicyclic) bond motifs is 1. The zero-order chi connectivity index (χ0) is 24.3. The maximum Gasteiger partial charge on any atom is 1.00 e. The van der Waals surface area contributed by atoms with Gasteiger partial charge in [0, 0.05) is 49.9 Å². The molecule has 2 heterocycles. The fourth-order valence-electron chi connectivity index (χ4n) is 4.27. The molecule has 36 heavy (non-hydrogen) atoms. The zero-order valence-corrected chi connectivity index (χ0v) is 22.9. The van der Waals surface area contributed by atoms with Gasteiger partial charge in [0.15, 0.2) is 0 Å². The van der Waals surface area contributed by atoms with Crippen LogP contribution in [-0.4, -0.2) is 55.3 Å². The minimum atomic E-state index is -3.96. The van der Waals surface area contributed by atoms with Crippen LogP contribution in [0.1, 0.15) is 15.9 Å². The first-order chi connectivity index (χ1) is 17.0. The van der Waals surface area contributed by atoms with E-state index in [9.17, 15) is 13.2 Å². The Morgan fingerprint density at radius 2 is 1.53 bits per heavy atom. The van der Waals surface area contributed by atoms with Gasteiger partial charge in [-0.2, -0.15) is 0 Å². The van der Waals surface area contributed by atoms with Crippen LogP contribution in [0.25, 0.3) is 15.6 Å². The molecular weight excluding hydrogens is 483 g/mol. The molecule has 1 fully saturated rings. The Bertz CT molecular complexity index is 1430. The van der Waals surface area contributed by atoms with Crippen molar-refractivity contribution in [2.24, 2.45) is 0 Å². The van der Waals surface area contributed by atoms with Crippen molar-refractivity contribution in [2.45, 2.75) is 11.4 Å². The molecule has 0 spiro atoms. The molecule has 1 saturated heterocycles. The van der Waals surface area contributed by atoms with Crippen molar-refractivity contribution >= 4 is 32.5 Å². The number of benzene rings is 3. The van der Waals surface area contributed by atoms with Crippen LogP contribution < -0.4 is 29.6 Å². The minimum absolute atomic E-state index is 0. The van der Waals surface area contributed by atoms with Crippen LogP contribution >= 0.6 is 0 Å². The van der Waals surface area contributed by atoms with Crippen molar-refractivity contribution in [2.75, 3.05) is 26.2 Å². The van der Waals surface area contributed by atoms with Crippen LogP contribution in [0, 0.1) is 0 Å². The molecule has 0 N–H and O–H groups in total. The number of para-hydroxylation sites is 1. The van der Waals surface area contributed by atoms with Gasteiger partial charge < -0.3 is 9.62 Å². The van der Waals surface area contributed by atoms with E-state index in [1.807, 2.05) is 35.2 Å². The Morgan fingerprint density at radius 1 is 0.833 bits per heavy atom. The van der Waals surface area contributed by atoms with Crippen molar-refractivity contribution in [3.8, 4) is 0 Å². The molecule has 0 radical (unpaired) electrons. The quantitative estimate of drug-likeness (QED) is 0.370. The van der Waals surface area contributed by atoms with Crippen LogP contribution in [0.5, 0.6) is 0 Å². The molecule has 1 amide bonds. The maximum absolute atomic E-state index is 13.0. The molecule has 9 heteroatoms. The number of carbonyl (C=O) groups is 1. The van der Waals surface area contributed by atoms with Crippen LogP contribution in [0.15, 0.2) is 96.0 Å². The summed E-state index contributed by atoms with van der Waals surface area (Å²) in [6, 6.07) is 25.3.